The van der Waals surface area contributed by atoms with Gasteiger partial charge in [0.15, 0.2) is 0 Å². The molecule has 0 aromatic heterocycles. The number of nitrogens with one attached hydrogen (secondary N) is 1. The smallest absolute Gasteiger partial charge is 0.406 e. The summed E-state index contributed by atoms with van der Waals surface area (Å²) >= 11 is 0. The Morgan fingerprint density at radius 1 is 0.950 bits per heavy atom. The van der Waals surface area contributed by atoms with Gasteiger partial charge in [-0.2, -0.15) is 13.2 Å². The Balaban J connectivity index is 1.31. The predicted octanol–water partition coefficient (Wildman–Crippen LogP) is 6.83. The number of alkyl halides is 6. The lowest BCUT2D eigenvalue weighted by atomic mass is 9.89. The van der Waals surface area contributed by atoms with E-state index >= 15 is 0 Å². The van der Waals surface area contributed by atoms with Crippen LogP contribution in [0, 0.1) is 10.1 Å². The van der Waals surface area contributed by atoms with Crippen LogP contribution in [-0.4, -0.2) is 30.3 Å². The van der Waals surface area contributed by atoms with Crippen molar-refractivity contribution < 1.29 is 40.8 Å². The Morgan fingerprint density at radius 3 is 2.12 bits per heavy atom. The number of non-ortho nitro benzene ring substituents is 1. The third-order valence-corrected chi connectivity index (χ3v) is 6.55. The van der Waals surface area contributed by atoms with E-state index in [1.54, 1.807) is 24.3 Å². The van der Waals surface area contributed by atoms with Crippen LogP contribution in [0.15, 0.2) is 66.7 Å². The molecule has 13 heteroatoms. The van der Waals surface area contributed by atoms with E-state index in [2.05, 4.69) is 15.0 Å². The van der Waals surface area contributed by atoms with Gasteiger partial charge in [0.1, 0.15) is 5.75 Å². The van der Waals surface area contributed by atoms with Crippen LogP contribution in [0.4, 0.5) is 37.7 Å². The monoisotopic (exact) mass is 567 g/mol. The summed E-state index contributed by atoms with van der Waals surface area (Å²) in [5.41, 5.74) is -0.0477. The number of nitro groups is 1. The molecule has 0 bridgehead atoms. The van der Waals surface area contributed by atoms with Crippen molar-refractivity contribution in [3.05, 3.63) is 99.1 Å². The molecule has 0 unspecified atom stereocenters. The van der Waals surface area contributed by atoms with E-state index < -0.39 is 40.2 Å². The van der Waals surface area contributed by atoms with Gasteiger partial charge in [0, 0.05) is 43.0 Å². The molecular weight excluding hydrogens is 544 g/mol. The van der Waals surface area contributed by atoms with Crippen molar-refractivity contribution in [3.63, 3.8) is 0 Å². The standard InChI is InChI=1S/C27H23F6N3O4/c28-26(29,30)21-13-20(14-23(15-21)36(38)39)25(37)34-16-17-1-5-22(6-2-17)35-11-9-19(10-12-35)18-3-7-24(8-4-18)40-27(31,32)33/h1-8,13-15,19H,9-12,16H2,(H,34,37). The topological polar surface area (TPSA) is 84.7 Å². The van der Waals surface area contributed by atoms with Crippen molar-refractivity contribution in [1.82, 2.24) is 5.32 Å². The number of hydrogen-bond donors (Lipinski definition) is 1. The van der Waals surface area contributed by atoms with Crippen molar-refractivity contribution in [2.45, 2.75) is 37.8 Å². The average Bonchev–Trinajstić information content (AvgIpc) is 2.91. The first-order valence-corrected chi connectivity index (χ1v) is 12.1. The third kappa shape index (κ3) is 7.42. The van der Waals surface area contributed by atoms with Gasteiger partial charge in [-0.3, -0.25) is 14.9 Å². The first-order chi connectivity index (χ1) is 18.8. The summed E-state index contributed by atoms with van der Waals surface area (Å²) in [7, 11) is 0. The van der Waals surface area contributed by atoms with Gasteiger partial charge in [-0.25, -0.2) is 0 Å². The van der Waals surface area contributed by atoms with Crippen LogP contribution in [0.5, 0.6) is 5.75 Å². The van der Waals surface area contributed by atoms with Gasteiger partial charge in [-0.05, 0) is 60.2 Å². The van der Waals surface area contributed by atoms with Crippen molar-refractivity contribution >= 4 is 17.3 Å². The second kappa shape index (κ2) is 11.4. The summed E-state index contributed by atoms with van der Waals surface area (Å²) in [6.07, 6.45) is -8.00. The summed E-state index contributed by atoms with van der Waals surface area (Å²) < 4.78 is 80.3. The zero-order chi connectivity index (χ0) is 29.1. The number of carbonyl (C=O) groups is 1. The molecule has 1 amide bonds. The number of benzene rings is 3. The minimum atomic E-state index is -4.85. The molecule has 0 aliphatic carbocycles. The maximum absolute atomic E-state index is 13.1. The second-order valence-corrected chi connectivity index (χ2v) is 9.25. The number of ether oxygens (including phenoxy) is 1. The highest BCUT2D eigenvalue weighted by molar-refractivity contribution is 5.95. The molecule has 3 aromatic rings. The second-order valence-electron chi connectivity index (χ2n) is 9.25. The fraction of sp³-hybridized carbons (Fsp3) is 0.296. The SMILES string of the molecule is O=C(NCc1ccc(N2CCC(c3ccc(OC(F)(F)F)cc3)CC2)cc1)c1cc([N+](=O)[O-])cc(C(F)(F)F)c1. The summed E-state index contributed by atoms with van der Waals surface area (Å²) in [5, 5.41) is 13.5. The van der Waals surface area contributed by atoms with Crippen LogP contribution in [-0.2, 0) is 12.7 Å². The maximum Gasteiger partial charge on any atom is 0.573 e. The van der Waals surface area contributed by atoms with E-state index in [-0.39, 0.29) is 18.2 Å². The lowest BCUT2D eigenvalue weighted by Gasteiger charge is -2.34. The van der Waals surface area contributed by atoms with Gasteiger partial charge in [-0.15, -0.1) is 13.2 Å². The van der Waals surface area contributed by atoms with Crippen molar-refractivity contribution in [1.29, 1.82) is 0 Å². The van der Waals surface area contributed by atoms with Gasteiger partial charge in [0.2, 0.25) is 0 Å². The molecular formula is C27H23F6N3O4. The van der Waals surface area contributed by atoms with E-state index in [9.17, 15) is 41.3 Å². The molecule has 0 radical (unpaired) electrons. The fourth-order valence-electron chi connectivity index (χ4n) is 4.53. The van der Waals surface area contributed by atoms with Crippen molar-refractivity contribution in [2.24, 2.45) is 0 Å². The Labute approximate surface area is 224 Å². The molecule has 1 saturated heterocycles. The molecule has 1 fully saturated rings. The molecule has 212 valence electrons. The fourth-order valence-corrected chi connectivity index (χ4v) is 4.53. The Kier molecular flexibility index (Phi) is 8.21. The van der Waals surface area contributed by atoms with E-state index in [0.717, 1.165) is 43.2 Å². The minimum absolute atomic E-state index is 0.000715. The zero-order valence-corrected chi connectivity index (χ0v) is 20.8. The number of nitrogens with zero attached hydrogens (tertiary/aromatic N) is 2. The number of halogens is 6. The van der Waals surface area contributed by atoms with E-state index in [1.165, 1.54) is 12.1 Å². The number of hydrogen-bond acceptors (Lipinski definition) is 5. The summed E-state index contributed by atoms with van der Waals surface area (Å²) in [5.74, 6) is -0.947. The van der Waals surface area contributed by atoms with E-state index in [4.69, 9.17) is 0 Å². The van der Waals surface area contributed by atoms with Gasteiger partial charge in [0.25, 0.3) is 11.6 Å². The Hall–Kier alpha value is -4.29. The normalized spacial score (nSPS) is 14.6. The molecule has 1 aliphatic heterocycles. The van der Waals surface area contributed by atoms with Crippen LogP contribution in [0.1, 0.15) is 45.8 Å². The number of nitro benzene ring substituents is 1. The van der Waals surface area contributed by atoms with Crippen molar-refractivity contribution in [2.75, 3.05) is 18.0 Å². The van der Waals surface area contributed by atoms with Crippen LogP contribution < -0.4 is 15.0 Å². The molecule has 0 spiro atoms. The average molecular weight is 567 g/mol. The van der Waals surface area contributed by atoms with Crippen LogP contribution in [0.2, 0.25) is 0 Å². The molecule has 0 atom stereocenters. The minimum Gasteiger partial charge on any atom is -0.406 e. The number of anilines is 1. The van der Waals surface area contributed by atoms with Crippen LogP contribution in [0.25, 0.3) is 0 Å². The highest BCUT2D eigenvalue weighted by Crippen LogP contribution is 2.34. The molecule has 7 nitrogen and oxygen atoms in total. The number of piperidine rings is 1. The quantitative estimate of drug-likeness (QED) is 0.192. The highest BCUT2D eigenvalue weighted by atomic mass is 19.4. The number of rotatable bonds is 7. The van der Waals surface area contributed by atoms with Gasteiger partial charge >= 0.3 is 12.5 Å². The third-order valence-electron chi connectivity index (χ3n) is 6.55. The Bertz CT molecular complexity index is 1350. The number of carbonyl (C=O) groups excluding carboxylic acids is 1. The van der Waals surface area contributed by atoms with Crippen LogP contribution >= 0.6 is 0 Å². The zero-order valence-electron chi connectivity index (χ0n) is 20.8. The lowest BCUT2D eigenvalue weighted by molar-refractivity contribution is -0.385. The first-order valence-electron chi connectivity index (χ1n) is 12.1. The lowest BCUT2D eigenvalue weighted by Crippen LogP contribution is -2.32. The van der Waals surface area contributed by atoms with Gasteiger partial charge in [-0.1, -0.05) is 24.3 Å². The van der Waals surface area contributed by atoms with Gasteiger partial charge in [0.05, 0.1) is 10.5 Å². The van der Waals surface area contributed by atoms with Crippen molar-refractivity contribution in [3.8, 4) is 5.75 Å². The molecule has 1 heterocycles. The van der Waals surface area contributed by atoms with Crippen LogP contribution in [0.3, 0.4) is 0 Å². The molecule has 4 rings (SSSR count). The molecule has 40 heavy (non-hydrogen) atoms. The highest BCUT2D eigenvalue weighted by Gasteiger charge is 2.34. The molecule has 1 aliphatic rings. The first kappa shape index (κ1) is 28.7. The Morgan fingerprint density at radius 2 is 1.57 bits per heavy atom. The molecule has 3 aromatic carbocycles. The van der Waals surface area contributed by atoms with E-state index in [0.29, 0.717) is 17.7 Å². The van der Waals surface area contributed by atoms with Gasteiger partial charge < -0.3 is 15.0 Å². The summed E-state index contributed by atoms with van der Waals surface area (Å²) in [4.78, 5) is 24.6. The molecule has 0 saturated carbocycles. The summed E-state index contributed by atoms with van der Waals surface area (Å²) in [6.45, 7) is 1.44. The largest absolute Gasteiger partial charge is 0.573 e. The van der Waals surface area contributed by atoms with E-state index in [1.807, 2.05) is 12.1 Å². The summed E-state index contributed by atoms with van der Waals surface area (Å²) in [6, 6.07) is 14.8. The molecule has 1 N–H and O–H groups in total. The number of amides is 1. The predicted molar refractivity (Wildman–Crippen MR) is 133 cm³/mol. The maximum atomic E-state index is 13.1.